The first-order valence-electron chi connectivity index (χ1n) is 4.25. The standard InChI is InChI=1S/C9H9ClN2O2S2/c10-8-5-7(6-11)1-2-9(8)15-3-4-16(12,13)14/h1-2,5H,3-4H2,(H2,12,13,14). The zero-order chi connectivity index (χ0) is 12.2. The van der Waals surface area contributed by atoms with Crippen molar-refractivity contribution in [2.75, 3.05) is 11.5 Å². The number of nitrogens with two attached hydrogens (primary N) is 1. The van der Waals surface area contributed by atoms with E-state index in [1.54, 1.807) is 18.2 Å². The van der Waals surface area contributed by atoms with Gasteiger partial charge in [-0.15, -0.1) is 11.8 Å². The Bertz CT molecular complexity index is 523. The van der Waals surface area contributed by atoms with Gasteiger partial charge in [-0.05, 0) is 18.2 Å². The molecule has 1 aromatic rings. The molecule has 0 aliphatic carbocycles. The van der Waals surface area contributed by atoms with Crippen molar-refractivity contribution in [3.63, 3.8) is 0 Å². The van der Waals surface area contributed by atoms with Crippen LogP contribution in [0.3, 0.4) is 0 Å². The second-order valence-electron chi connectivity index (χ2n) is 2.97. The van der Waals surface area contributed by atoms with E-state index in [4.69, 9.17) is 22.0 Å². The lowest BCUT2D eigenvalue weighted by atomic mass is 10.2. The molecule has 7 heteroatoms. The fourth-order valence-corrected chi connectivity index (χ4v) is 3.14. The monoisotopic (exact) mass is 276 g/mol. The van der Waals surface area contributed by atoms with Crippen molar-refractivity contribution in [2.45, 2.75) is 4.90 Å². The van der Waals surface area contributed by atoms with Crippen LogP contribution in [0.15, 0.2) is 23.1 Å². The van der Waals surface area contributed by atoms with Gasteiger partial charge in [-0.3, -0.25) is 0 Å². The van der Waals surface area contributed by atoms with E-state index in [0.717, 1.165) is 4.90 Å². The minimum atomic E-state index is -3.44. The minimum Gasteiger partial charge on any atom is -0.229 e. The number of benzene rings is 1. The predicted octanol–water partition coefficient (Wildman–Crippen LogP) is 1.59. The lowest BCUT2D eigenvalue weighted by molar-refractivity contribution is 0.599. The Kier molecular flexibility index (Phi) is 4.62. The highest BCUT2D eigenvalue weighted by atomic mass is 35.5. The fourth-order valence-electron chi connectivity index (χ4n) is 0.955. The molecule has 0 aliphatic heterocycles. The van der Waals surface area contributed by atoms with E-state index in [1.165, 1.54) is 11.8 Å². The largest absolute Gasteiger partial charge is 0.229 e. The molecule has 0 saturated carbocycles. The first-order valence-corrected chi connectivity index (χ1v) is 7.33. The van der Waals surface area contributed by atoms with Crippen molar-refractivity contribution in [3.8, 4) is 6.07 Å². The summed E-state index contributed by atoms with van der Waals surface area (Å²) in [6, 6.07) is 6.83. The molecule has 86 valence electrons. The molecule has 0 bridgehead atoms. The highest BCUT2D eigenvalue weighted by Gasteiger charge is 2.06. The van der Waals surface area contributed by atoms with E-state index in [-0.39, 0.29) is 5.75 Å². The van der Waals surface area contributed by atoms with Gasteiger partial charge in [0.25, 0.3) is 0 Å². The molecule has 0 amide bonds. The summed E-state index contributed by atoms with van der Waals surface area (Å²) in [5, 5.41) is 13.9. The van der Waals surface area contributed by atoms with Crippen LogP contribution < -0.4 is 5.14 Å². The van der Waals surface area contributed by atoms with E-state index < -0.39 is 10.0 Å². The van der Waals surface area contributed by atoms with E-state index in [2.05, 4.69) is 0 Å². The van der Waals surface area contributed by atoms with Gasteiger partial charge < -0.3 is 0 Å². The average Bonchev–Trinajstić information content (AvgIpc) is 2.18. The molecule has 0 fully saturated rings. The topological polar surface area (TPSA) is 83.9 Å². The van der Waals surface area contributed by atoms with E-state index in [9.17, 15) is 8.42 Å². The molecule has 0 atom stereocenters. The molecule has 0 saturated heterocycles. The quantitative estimate of drug-likeness (QED) is 0.847. The third-order valence-corrected chi connectivity index (χ3v) is 4.22. The highest BCUT2D eigenvalue weighted by Crippen LogP contribution is 2.27. The van der Waals surface area contributed by atoms with E-state index >= 15 is 0 Å². The maximum absolute atomic E-state index is 10.7. The summed E-state index contributed by atoms with van der Waals surface area (Å²) in [6.07, 6.45) is 0. The number of halogens is 1. The molecular weight excluding hydrogens is 268 g/mol. The van der Waals surface area contributed by atoms with Gasteiger partial charge in [0, 0.05) is 10.6 Å². The summed E-state index contributed by atoms with van der Waals surface area (Å²) >= 11 is 7.20. The fraction of sp³-hybridized carbons (Fsp3) is 0.222. The van der Waals surface area contributed by atoms with Crippen LogP contribution in [0.25, 0.3) is 0 Å². The number of nitrogens with zero attached hydrogens (tertiary/aromatic N) is 1. The van der Waals surface area contributed by atoms with Gasteiger partial charge in [0.1, 0.15) is 0 Å². The van der Waals surface area contributed by atoms with Crippen molar-refractivity contribution in [1.29, 1.82) is 5.26 Å². The summed E-state index contributed by atoms with van der Waals surface area (Å²) < 4.78 is 21.4. The highest BCUT2D eigenvalue weighted by molar-refractivity contribution is 8.00. The molecule has 0 radical (unpaired) electrons. The lowest BCUT2D eigenvalue weighted by Crippen LogP contribution is -2.17. The van der Waals surface area contributed by atoms with Gasteiger partial charge in [-0.2, -0.15) is 5.26 Å². The van der Waals surface area contributed by atoms with Gasteiger partial charge in [0.05, 0.1) is 22.4 Å². The van der Waals surface area contributed by atoms with Crippen LogP contribution in [0.1, 0.15) is 5.56 Å². The Morgan fingerprint density at radius 1 is 1.50 bits per heavy atom. The number of nitriles is 1. The van der Waals surface area contributed by atoms with Crippen LogP contribution in [-0.2, 0) is 10.0 Å². The molecule has 0 unspecified atom stereocenters. The lowest BCUT2D eigenvalue weighted by Gasteiger charge is -2.03. The Morgan fingerprint density at radius 2 is 2.19 bits per heavy atom. The number of thioether (sulfide) groups is 1. The molecule has 1 aromatic carbocycles. The number of sulfonamides is 1. The van der Waals surface area contributed by atoms with Gasteiger partial charge >= 0.3 is 0 Å². The summed E-state index contributed by atoms with van der Waals surface area (Å²) in [6.45, 7) is 0. The van der Waals surface area contributed by atoms with Gasteiger partial charge in [0.2, 0.25) is 10.0 Å². The van der Waals surface area contributed by atoms with E-state index in [0.29, 0.717) is 16.3 Å². The molecular formula is C9H9ClN2O2S2. The van der Waals surface area contributed by atoms with Crippen LogP contribution in [0.2, 0.25) is 5.02 Å². The van der Waals surface area contributed by atoms with Crippen LogP contribution >= 0.6 is 23.4 Å². The molecule has 2 N–H and O–H groups in total. The second kappa shape index (κ2) is 5.55. The summed E-state index contributed by atoms with van der Waals surface area (Å²) in [5.41, 5.74) is 0.473. The van der Waals surface area contributed by atoms with Crippen molar-refractivity contribution in [1.82, 2.24) is 0 Å². The molecule has 0 spiro atoms. The third-order valence-electron chi connectivity index (χ3n) is 1.69. The van der Waals surface area contributed by atoms with Crippen LogP contribution in [0.4, 0.5) is 0 Å². The zero-order valence-corrected chi connectivity index (χ0v) is 10.6. The molecule has 0 heterocycles. The number of primary sulfonamides is 1. The first-order chi connectivity index (χ1) is 7.42. The average molecular weight is 277 g/mol. The summed E-state index contributed by atoms with van der Waals surface area (Å²) in [7, 11) is -3.44. The summed E-state index contributed by atoms with van der Waals surface area (Å²) in [4.78, 5) is 0.740. The Balaban J connectivity index is 2.66. The molecule has 0 aliphatic rings. The summed E-state index contributed by atoms with van der Waals surface area (Å²) in [5.74, 6) is 0.235. The van der Waals surface area contributed by atoms with Crippen molar-refractivity contribution < 1.29 is 8.42 Å². The van der Waals surface area contributed by atoms with E-state index in [1.807, 2.05) is 6.07 Å². The van der Waals surface area contributed by atoms with Crippen molar-refractivity contribution in [2.24, 2.45) is 5.14 Å². The number of rotatable bonds is 4. The number of hydrogen-bond acceptors (Lipinski definition) is 4. The Labute approximate surface area is 103 Å². The second-order valence-corrected chi connectivity index (χ2v) is 6.25. The van der Waals surface area contributed by atoms with Gasteiger partial charge in [-0.1, -0.05) is 11.6 Å². The molecule has 0 aromatic heterocycles. The van der Waals surface area contributed by atoms with Gasteiger partial charge in [0.15, 0.2) is 0 Å². The maximum atomic E-state index is 10.7. The first kappa shape index (κ1) is 13.3. The normalized spacial score (nSPS) is 11.1. The van der Waals surface area contributed by atoms with Crippen molar-refractivity contribution in [3.05, 3.63) is 28.8 Å². The number of hydrogen-bond donors (Lipinski definition) is 1. The molecule has 4 nitrogen and oxygen atoms in total. The smallest absolute Gasteiger partial charge is 0.209 e. The van der Waals surface area contributed by atoms with Crippen LogP contribution in [0, 0.1) is 11.3 Å². The minimum absolute atomic E-state index is 0.103. The molecule has 16 heavy (non-hydrogen) atoms. The molecule has 1 rings (SSSR count). The SMILES string of the molecule is N#Cc1ccc(SCCS(N)(=O)=O)c(Cl)c1. The Morgan fingerprint density at radius 3 is 2.69 bits per heavy atom. The van der Waals surface area contributed by atoms with Gasteiger partial charge in [-0.25, -0.2) is 13.6 Å². The Hall–Kier alpha value is -0.740. The maximum Gasteiger partial charge on any atom is 0.209 e. The van der Waals surface area contributed by atoms with Crippen LogP contribution in [-0.4, -0.2) is 19.9 Å². The van der Waals surface area contributed by atoms with Crippen LogP contribution in [0.5, 0.6) is 0 Å². The zero-order valence-electron chi connectivity index (χ0n) is 8.18. The van der Waals surface area contributed by atoms with Crippen molar-refractivity contribution >= 4 is 33.4 Å². The third kappa shape index (κ3) is 4.41. The predicted molar refractivity (Wildman–Crippen MR) is 64.9 cm³/mol.